The van der Waals surface area contributed by atoms with Crippen LogP contribution >= 0.6 is 11.6 Å². The van der Waals surface area contributed by atoms with Crippen LogP contribution in [0.5, 0.6) is 5.88 Å². The lowest BCUT2D eigenvalue weighted by atomic mass is 10.1. The second-order valence-corrected chi connectivity index (χ2v) is 3.91. The molecule has 0 aliphatic heterocycles. The molecule has 0 bridgehead atoms. The number of aryl methyl sites for hydroxylation is 1. The van der Waals surface area contributed by atoms with Crippen LogP contribution < -0.4 is 10.5 Å². The maximum Gasteiger partial charge on any atom is 0.268 e. The zero-order valence-electron chi connectivity index (χ0n) is 9.77. The number of carbonyl (C=O) groups excluding carboxylic acids is 1. The third kappa shape index (κ3) is 2.02. The quantitative estimate of drug-likeness (QED) is 0.899. The standard InChI is InChI=1S/C11H10ClN4O2/c1-16-9(7(12)5-14-16)6-3-4-8(10(13)17)15-11(6)18-2/h3,5H,1-2H3,(H2,13,17). The van der Waals surface area contributed by atoms with Gasteiger partial charge in [0.2, 0.25) is 5.88 Å². The van der Waals surface area contributed by atoms with E-state index in [1.54, 1.807) is 17.8 Å². The molecule has 0 unspecified atom stereocenters. The number of methoxy groups -OCH3 is 1. The van der Waals surface area contributed by atoms with Crippen LogP contribution in [0.4, 0.5) is 0 Å². The van der Waals surface area contributed by atoms with Gasteiger partial charge in [0.15, 0.2) is 0 Å². The Labute approximate surface area is 108 Å². The summed E-state index contributed by atoms with van der Waals surface area (Å²) in [5.74, 6) is -0.427. The number of hydrogen-bond donors (Lipinski definition) is 1. The number of halogens is 1. The first-order valence-electron chi connectivity index (χ1n) is 4.99. The molecule has 1 amide bonds. The van der Waals surface area contributed by atoms with Gasteiger partial charge in [-0.25, -0.2) is 4.98 Å². The van der Waals surface area contributed by atoms with Crippen LogP contribution in [0.3, 0.4) is 0 Å². The Bertz CT molecular complexity index is 590. The molecule has 2 heterocycles. The topological polar surface area (TPSA) is 83.0 Å². The number of hydrogen-bond acceptors (Lipinski definition) is 4. The van der Waals surface area contributed by atoms with Crippen molar-refractivity contribution in [3.63, 3.8) is 0 Å². The van der Waals surface area contributed by atoms with Crippen molar-refractivity contribution in [1.82, 2.24) is 14.8 Å². The fourth-order valence-electron chi connectivity index (χ4n) is 1.56. The third-order valence-corrected chi connectivity index (χ3v) is 2.65. The molecule has 0 spiro atoms. The highest BCUT2D eigenvalue weighted by molar-refractivity contribution is 6.33. The van der Waals surface area contributed by atoms with Crippen LogP contribution in [0.2, 0.25) is 5.02 Å². The number of carbonyl (C=O) groups is 1. The summed E-state index contributed by atoms with van der Waals surface area (Å²) >= 11 is 6.04. The predicted octanol–water partition coefficient (Wildman–Crippen LogP) is 1.04. The monoisotopic (exact) mass is 265 g/mol. The minimum atomic E-state index is -0.670. The number of ether oxygens (including phenoxy) is 1. The highest BCUT2D eigenvalue weighted by Crippen LogP contribution is 2.32. The minimum Gasteiger partial charge on any atom is -0.480 e. The molecule has 1 radical (unpaired) electrons. The molecule has 0 saturated heterocycles. The summed E-state index contributed by atoms with van der Waals surface area (Å²) in [7, 11) is 3.18. The second-order valence-electron chi connectivity index (χ2n) is 3.50. The Morgan fingerprint density at radius 3 is 2.83 bits per heavy atom. The van der Waals surface area contributed by atoms with E-state index in [1.165, 1.54) is 13.3 Å². The lowest BCUT2D eigenvalue weighted by Crippen LogP contribution is -2.14. The van der Waals surface area contributed by atoms with Gasteiger partial charge in [-0.15, -0.1) is 0 Å². The summed E-state index contributed by atoms with van der Waals surface area (Å²) in [5.41, 5.74) is 6.37. The van der Waals surface area contributed by atoms with Gasteiger partial charge in [-0.1, -0.05) is 11.6 Å². The summed E-state index contributed by atoms with van der Waals surface area (Å²) in [6.07, 6.45) is 1.51. The van der Waals surface area contributed by atoms with E-state index in [-0.39, 0.29) is 11.6 Å². The molecule has 0 atom stereocenters. The van der Waals surface area contributed by atoms with Gasteiger partial charge in [-0.2, -0.15) is 5.10 Å². The van der Waals surface area contributed by atoms with Gasteiger partial charge in [-0.3, -0.25) is 9.48 Å². The average molecular weight is 266 g/mol. The van der Waals surface area contributed by atoms with Crippen LogP contribution in [-0.2, 0) is 7.05 Å². The average Bonchev–Trinajstić information content (AvgIpc) is 2.68. The normalized spacial score (nSPS) is 10.4. The molecule has 18 heavy (non-hydrogen) atoms. The van der Waals surface area contributed by atoms with E-state index in [0.29, 0.717) is 16.3 Å². The van der Waals surface area contributed by atoms with E-state index in [0.717, 1.165) is 0 Å². The smallest absolute Gasteiger partial charge is 0.268 e. The Balaban J connectivity index is 2.62. The highest BCUT2D eigenvalue weighted by atomic mass is 35.5. The fraction of sp³-hybridized carbons (Fsp3) is 0.182. The Morgan fingerprint density at radius 1 is 1.61 bits per heavy atom. The predicted molar refractivity (Wildman–Crippen MR) is 65.4 cm³/mol. The van der Waals surface area contributed by atoms with E-state index < -0.39 is 5.91 Å². The number of nitrogens with two attached hydrogens (primary N) is 1. The van der Waals surface area contributed by atoms with Crippen LogP contribution in [-0.4, -0.2) is 27.8 Å². The van der Waals surface area contributed by atoms with Gasteiger partial charge < -0.3 is 10.5 Å². The minimum absolute atomic E-state index is 0.00823. The van der Waals surface area contributed by atoms with Crippen molar-refractivity contribution in [2.45, 2.75) is 0 Å². The van der Waals surface area contributed by atoms with Gasteiger partial charge >= 0.3 is 0 Å². The molecule has 0 aromatic carbocycles. The molecule has 0 aliphatic carbocycles. The molecule has 7 heteroatoms. The molecule has 2 aromatic rings. The Morgan fingerprint density at radius 2 is 2.33 bits per heavy atom. The molecule has 0 fully saturated rings. The van der Waals surface area contributed by atoms with Gasteiger partial charge in [0.05, 0.1) is 29.6 Å². The number of amides is 1. The fourth-order valence-corrected chi connectivity index (χ4v) is 1.83. The van der Waals surface area contributed by atoms with Crippen LogP contribution in [0.25, 0.3) is 11.3 Å². The molecule has 0 saturated carbocycles. The number of primary amides is 1. The van der Waals surface area contributed by atoms with E-state index in [2.05, 4.69) is 16.1 Å². The first kappa shape index (κ1) is 12.4. The summed E-state index contributed by atoms with van der Waals surface area (Å²) in [4.78, 5) is 15.0. The lowest BCUT2D eigenvalue weighted by molar-refractivity contribution is 0.0994. The summed E-state index contributed by atoms with van der Waals surface area (Å²) in [5, 5.41) is 4.48. The number of nitrogens with zero attached hydrogens (tertiary/aromatic N) is 3. The molecule has 6 nitrogen and oxygen atoms in total. The SMILES string of the molecule is COc1nc(C(N)=O)[c]cc1-c1c(Cl)cnn1C. The maximum absolute atomic E-state index is 11.0. The summed E-state index contributed by atoms with van der Waals surface area (Å²) in [6, 6.07) is 4.24. The molecular weight excluding hydrogens is 256 g/mol. The van der Waals surface area contributed by atoms with Crippen molar-refractivity contribution in [1.29, 1.82) is 0 Å². The van der Waals surface area contributed by atoms with Gasteiger partial charge in [0.25, 0.3) is 5.91 Å². The Kier molecular flexibility index (Phi) is 3.20. The molecule has 93 valence electrons. The van der Waals surface area contributed by atoms with Crippen LogP contribution in [0, 0.1) is 6.07 Å². The van der Waals surface area contributed by atoms with Crippen molar-refractivity contribution in [3.05, 3.63) is 29.0 Å². The summed E-state index contributed by atoms with van der Waals surface area (Å²) in [6.45, 7) is 0. The zero-order valence-corrected chi connectivity index (χ0v) is 10.5. The molecule has 0 aliphatic rings. The zero-order chi connectivity index (χ0) is 13.3. The first-order valence-corrected chi connectivity index (χ1v) is 5.36. The van der Waals surface area contributed by atoms with Crippen molar-refractivity contribution in [3.8, 4) is 17.1 Å². The van der Waals surface area contributed by atoms with Crippen molar-refractivity contribution >= 4 is 17.5 Å². The number of aromatic nitrogens is 3. The van der Waals surface area contributed by atoms with Crippen molar-refractivity contribution in [2.75, 3.05) is 7.11 Å². The van der Waals surface area contributed by atoms with Gasteiger partial charge in [-0.05, 0) is 6.07 Å². The van der Waals surface area contributed by atoms with E-state index in [1.807, 2.05) is 0 Å². The van der Waals surface area contributed by atoms with Crippen LogP contribution in [0.1, 0.15) is 10.5 Å². The van der Waals surface area contributed by atoms with E-state index in [9.17, 15) is 4.79 Å². The lowest BCUT2D eigenvalue weighted by Gasteiger charge is -2.09. The third-order valence-electron chi connectivity index (χ3n) is 2.37. The van der Waals surface area contributed by atoms with E-state index >= 15 is 0 Å². The molecule has 2 N–H and O–H groups in total. The molecule has 2 aromatic heterocycles. The van der Waals surface area contributed by atoms with Gasteiger partial charge in [0.1, 0.15) is 5.69 Å². The van der Waals surface area contributed by atoms with Crippen LogP contribution in [0.15, 0.2) is 12.3 Å². The maximum atomic E-state index is 11.0. The van der Waals surface area contributed by atoms with Crippen molar-refractivity contribution in [2.24, 2.45) is 12.8 Å². The van der Waals surface area contributed by atoms with Gasteiger partial charge in [0, 0.05) is 13.1 Å². The van der Waals surface area contributed by atoms with E-state index in [4.69, 9.17) is 22.1 Å². The summed E-state index contributed by atoms with van der Waals surface area (Å²) < 4.78 is 6.71. The largest absolute Gasteiger partial charge is 0.480 e. The Hall–Kier alpha value is -2.08. The van der Waals surface area contributed by atoms with Crippen molar-refractivity contribution < 1.29 is 9.53 Å². The molecule has 2 rings (SSSR count). The second kappa shape index (κ2) is 4.66. The number of pyridine rings is 1. The molecular formula is C11H10ClN4O2. The first-order chi connectivity index (χ1) is 8.54. The number of rotatable bonds is 3. The highest BCUT2D eigenvalue weighted by Gasteiger charge is 2.17.